The van der Waals surface area contributed by atoms with Crippen LogP contribution in [-0.2, 0) is 6.54 Å². The zero-order valence-electron chi connectivity index (χ0n) is 10.0. The molecule has 6 heteroatoms. The fourth-order valence-corrected chi connectivity index (χ4v) is 2.02. The first-order valence-electron chi connectivity index (χ1n) is 5.57. The van der Waals surface area contributed by atoms with E-state index in [2.05, 4.69) is 25.6 Å². The van der Waals surface area contributed by atoms with E-state index in [4.69, 9.17) is 0 Å². The molecule has 0 saturated heterocycles. The maximum absolute atomic E-state index is 12.0. The second-order valence-corrected chi connectivity index (χ2v) is 4.54. The third kappa shape index (κ3) is 5.73. The summed E-state index contributed by atoms with van der Waals surface area (Å²) < 4.78 is 39.7. The first kappa shape index (κ1) is 15.3. The summed E-state index contributed by atoms with van der Waals surface area (Å²) in [7, 11) is 0. The largest absolute Gasteiger partial charge is 0.573 e. The molecule has 0 spiro atoms. The molecule has 1 aromatic carbocycles. The molecule has 1 rings (SSSR count). The molecular formula is C12H15BrF3NO. The van der Waals surface area contributed by atoms with E-state index in [1.54, 1.807) is 12.1 Å². The summed E-state index contributed by atoms with van der Waals surface area (Å²) in [5, 5.41) is 0.871. The van der Waals surface area contributed by atoms with E-state index in [0.29, 0.717) is 6.54 Å². The molecule has 0 aliphatic carbocycles. The van der Waals surface area contributed by atoms with Gasteiger partial charge < -0.3 is 4.74 Å². The van der Waals surface area contributed by atoms with Crippen LogP contribution in [0.1, 0.15) is 12.5 Å². The molecule has 0 fully saturated rings. The Balaban J connectivity index is 2.59. The number of rotatable bonds is 6. The molecule has 0 aromatic heterocycles. The topological polar surface area (TPSA) is 12.5 Å². The van der Waals surface area contributed by atoms with Crippen molar-refractivity contribution in [2.75, 3.05) is 18.4 Å². The predicted molar refractivity (Wildman–Crippen MR) is 67.9 cm³/mol. The average molecular weight is 326 g/mol. The van der Waals surface area contributed by atoms with Crippen molar-refractivity contribution in [3.8, 4) is 5.75 Å². The fourth-order valence-electron chi connectivity index (χ4n) is 1.52. The summed E-state index contributed by atoms with van der Waals surface area (Å²) in [5.74, 6) is -0.185. The number of hydrogen-bond donors (Lipinski definition) is 0. The van der Waals surface area contributed by atoms with Gasteiger partial charge in [-0.15, -0.1) is 13.2 Å². The van der Waals surface area contributed by atoms with Crippen molar-refractivity contribution in [1.29, 1.82) is 0 Å². The van der Waals surface area contributed by atoms with Crippen molar-refractivity contribution in [2.45, 2.75) is 19.8 Å². The SMILES string of the molecule is CCN(CCBr)Cc1ccc(OC(F)(F)F)cc1. The zero-order valence-corrected chi connectivity index (χ0v) is 11.6. The average Bonchev–Trinajstić information content (AvgIpc) is 2.29. The van der Waals surface area contributed by atoms with Crippen molar-refractivity contribution >= 4 is 15.9 Å². The van der Waals surface area contributed by atoms with Crippen LogP contribution in [0.3, 0.4) is 0 Å². The maximum atomic E-state index is 12.0. The standard InChI is InChI=1S/C12H15BrF3NO/c1-2-17(8-7-13)9-10-3-5-11(6-4-10)18-12(14,15)16/h3-6H,2,7-9H2,1H3. The highest BCUT2D eigenvalue weighted by Crippen LogP contribution is 2.23. The van der Waals surface area contributed by atoms with E-state index < -0.39 is 6.36 Å². The van der Waals surface area contributed by atoms with Gasteiger partial charge in [0.15, 0.2) is 0 Å². The molecule has 1 aromatic rings. The van der Waals surface area contributed by atoms with Crippen LogP contribution in [0.25, 0.3) is 0 Å². The number of halogens is 4. The van der Waals surface area contributed by atoms with Gasteiger partial charge in [0, 0.05) is 18.4 Å². The number of nitrogens with zero attached hydrogens (tertiary/aromatic N) is 1. The molecule has 102 valence electrons. The van der Waals surface area contributed by atoms with E-state index in [9.17, 15) is 13.2 Å². The monoisotopic (exact) mass is 325 g/mol. The van der Waals surface area contributed by atoms with Crippen LogP contribution >= 0.6 is 15.9 Å². The van der Waals surface area contributed by atoms with Crippen LogP contribution in [-0.4, -0.2) is 29.7 Å². The molecule has 0 radical (unpaired) electrons. The van der Waals surface area contributed by atoms with Crippen molar-refractivity contribution in [2.24, 2.45) is 0 Å². The molecule has 0 aliphatic rings. The maximum Gasteiger partial charge on any atom is 0.573 e. The molecular weight excluding hydrogens is 311 g/mol. The van der Waals surface area contributed by atoms with Crippen LogP contribution in [0.4, 0.5) is 13.2 Å². The minimum absolute atomic E-state index is 0.185. The molecule has 0 saturated carbocycles. The molecule has 0 aliphatic heterocycles. The van der Waals surface area contributed by atoms with Gasteiger partial charge in [0.1, 0.15) is 5.75 Å². The van der Waals surface area contributed by atoms with Crippen LogP contribution in [0, 0.1) is 0 Å². The summed E-state index contributed by atoms with van der Waals surface area (Å²) in [4.78, 5) is 2.19. The first-order chi connectivity index (χ1) is 8.44. The van der Waals surface area contributed by atoms with Gasteiger partial charge in [-0.25, -0.2) is 0 Å². The summed E-state index contributed by atoms with van der Waals surface area (Å²) in [6, 6.07) is 5.98. The fraction of sp³-hybridized carbons (Fsp3) is 0.500. The van der Waals surface area contributed by atoms with Crippen LogP contribution in [0.2, 0.25) is 0 Å². The zero-order chi connectivity index (χ0) is 13.6. The lowest BCUT2D eigenvalue weighted by molar-refractivity contribution is -0.274. The highest BCUT2D eigenvalue weighted by Gasteiger charge is 2.30. The van der Waals surface area contributed by atoms with E-state index in [1.165, 1.54) is 12.1 Å². The van der Waals surface area contributed by atoms with Gasteiger partial charge in [-0.1, -0.05) is 35.0 Å². The molecule has 18 heavy (non-hydrogen) atoms. The smallest absolute Gasteiger partial charge is 0.406 e. The Morgan fingerprint density at radius 3 is 2.28 bits per heavy atom. The Hall–Kier alpha value is -0.750. The molecule has 0 atom stereocenters. The Morgan fingerprint density at radius 2 is 1.83 bits per heavy atom. The lowest BCUT2D eigenvalue weighted by Crippen LogP contribution is -2.24. The van der Waals surface area contributed by atoms with E-state index in [0.717, 1.165) is 24.0 Å². The number of ether oxygens (including phenoxy) is 1. The summed E-state index contributed by atoms with van der Waals surface area (Å²) in [6.45, 7) is 4.56. The van der Waals surface area contributed by atoms with Crippen molar-refractivity contribution in [1.82, 2.24) is 4.90 Å². The molecule has 0 amide bonds. The minimum Gasteiger partial charge on any atom is -0.406 e. The summed E-state index contributed by atoms with van der Waals surface area (Å²) >= 11 is 3.36. The Bertz CT molecular complexity index is 353. The first-order valence-corrected chi connectivity index (χ1v) is 6.69. The second-order valence-electron chi connectivity index (χ2n) is 3.75. The third-order valence-corrected chi connectivity index (χ3v) is 2.77. The Morgan fingerprint density at radius 1 is 1.22 bits per heavy atom. The molecule has 0 N–H and O–H groups in total. The Kier molecular flexibility index (Phi) is 5.95. The van der Waals surface area contributed by atoms with E-state index in [-0.39, 0.29) is 5.75 Å². The van der Waals surface area contributed by atoms with Gasteiger partial charge in [0.2, 0.25) is 0 Å². The van der Waals surface area contributed by atoms with Crippen LogP contribution in [0.15, 0.2) is 24.3 Å². The van der Waals surface area contributed by atoms with Crippen molar-refractivity contribution in [3.63, 3.8) is 0 Å². The predicted octanol–water partition coefficient (Wildman–Crippen LogP) is 3.80. The highest BCUT2D eigenvalue weighted by atomic mass is 79.9. The third-order valence-electron chi connectivity index (χ3n) is 2.41. The molecule has 0 bridgehead atoms. The van der Waals surface area contributed by atoms with E-state index in [1.807, 2.05) is 6.92 Å². The van der Waals surface area contributed by atoms with Gasteiger partial charge in [-0.05, 0) is 24.2 Å². The molecule has 2 nitrogen and oxygen atoms in total. The Labute approximate surface area is 113 Å². The van der Waals surface area contributed by atoms with Crippen molar-refractivity contribution < 1.29 is 17.9 Å². The summed E-state index contributed by atoms with van der Waals surface area (Å²) in [6.07, 6.45) is -4.63. The second kappa shape index (κ2) is 6.99. The normalized spacial score (nSPS) is 11.9. The number of alkyl halides is 4. The van der Waals surface area contributed by atoms with Gasteiger partial charge in [-0.2, -0.15) is 0 Å². The van der Waals surface area contributed by atoms with Gasteiger partial charge in [0.05, 0.1) is 0 Å². The van der Waals surface area contributed by atoms with Gasteiger partial charge in [-0.3, -0.25) is 4.90 Å². The quantitative estimate of drug-likeness (QED) is 0.737. The van der Waals surface area contributed by atoms with Gasteiger partial charge in [0.25, 0.3) is 0 Å². The van der Waals surface area contributed by atoms with Crippen molar-refractivity contribution in [3.05, 3.63) is 29.8 Å². The summed E-state index contributed by atoms with van der Waals surface area (Å²) in [5.41, 5.74) is 0.965. The van der Waals surface area contributed by atoms with E-state index >= 15 is 0 Å². The van der Waals surface area contributed by atoms with Gasteiger partial charge >= 0.3 is 6.36 Å². The molecule has 0 heterocycles. The lowest BCUT2D eigenvalue weighted by atomic mass is 10.2. The minimum atomic E-state index is -4.63. The molecule has 0 unspecified atom stereocenters. The van der Waals surface area contributed by atoms with Crippen LogP contribution in [0.5, 0.6) is 5.75 Å². The van der Waals surface area contributed by atoms with Crippen LogP contribution < -0.4 is 4.74 Å². The highest BCUT2D eigenvalue weighted by molar-refractivity contribution is 9.09. The lowest BCUT2D eigenvalue weighted by Gasteiger charge is -2.19. The number of benzene rings is 1. The number of hydrogen-bond acceptors (Lipinski definition) is 2.